The molecular formula is C16H24N2. The molecule has 98 valence electrons. The standard InChI is InChI=1S/C16H24N2/c1-12(2)17-11-16(15-9-7-6-8-10-15)18(13(3)4)14(17)5/h6-10,12-13,16H,5,11H2,1-4H3. The average molecular weight is 244 g/mol. The number of hydrogen-bond donors (Lipinski definition) is 0. The third-order valence-electron chi connectivity index (χ3n) is 3.70. The fraction of sp³-hybridized carbons (Fsp3) is 0.500. The molecule has 2 nitrogen and oxygen atoms in total. The molecule has 0 aliphatic carbocycles. The Morgan fingerprint density at radius 3 is 2.17 bits per heavy atom. The molecule has 1 saturated heterocycles. The summed E-state index contributed by atoms with van der Waals surface area (Å²) in [5.74, 6) is 1.16. The van der Waals surface area contributed by atoms with Crippen molar-refractivity contribution in [2.45, 2.75) is 45.8 Å². The maximum atomic E-state index is 4.29. The fourth-order valence-corrected chi connectivity index (χ4v) is 2.82. The largest absolute Gasteiger partial charge is 0.354 e. The minimum Gasteiger partial charge on any atom is -0.354 e. The quantitative estimate of drug-likeness (QED) is 0.801. The molecule has 2 rings (SSSR count). The number of benzene rings is 1. The Balaban J connectivity index is 2.32. The van der Waals surface area contributed by atoms with Crippen molar-refractivity contribution in [3.63, 3.8) is 0 Å². The van der Waals surface area contributed by atoms with Gasteiger partial charge in [0.05, 0.1) is 11.9 Å². The SMILES string of the molecule is C=C1N(C(C)C)CC(c2ccccc2)N1C(C)C. The predicted octanol–water partition coefficient (Wildman–Crippen LogP) is 3.63. The van der Waals surface area contributed by atoms with E-state index in [1.54, 1.807) is 0 Å². The predicted molar refractivity (Wildman–Crippen MR) is 77.1 cm³/mol. The summed E-state index contributed by atoms with van der Waals surface area (Å²) in [7, 11) is 0. The Morgan fingerprint density at radius 2 is 1.67 bits per heavy atom. The van der Waals surface area contributed by atoms with Crippen LogP contribution >= 0.6 is 0 Å². The summed E-state index contributed by atoms with van der Waals surface area (Å²) < 4.78 is 0. The smallest absolute Gasteiger partial charge is 0.0976 e. The van der Waals surface area contributed by atoms with Gasteiger partial charge in [-0.05, 0) is 33.3 Å². The molecule has 2 heteroatoms. The molecule has 0 saturated carbocycles. The minimum atomic E-state index is 0.432. The van der Waals surface area contributed by atoms with Crippen LogP contribution in [0.3, 0.4) is 0 Å². The molecule has 1 unspecified atom stereocenters. The van der Waals surface area contributed by atoms with Crippen molar-refractivity contribution < 1.29 is 0 Å². The molecule has 1 aromatic rings. The third-order valence-corrected chi connectivity index (χ3v) is 3.70. The Labute approximate surface area is 111 Å². The second-order valence-electron chi connectivity index (χ2n) is 5.59. The van der Waals surface area contributed by atoms with Crippen LogP contribution in [-0.2, 0) is 0 Å². The fourth-order valence-electron chi connectivity index (χ4n) is 2.82. The van der Waals surface area contributed by atoms with E-state index in [2.05, 4.69) is 74.4 Å². The highest BCUT2D eigenvalue weighted by atomic mass is 15.4. The minimum absolute atomic E-state index is 0.432. The van der Waals surface area contributed by atoms with E-state index in [9.17, 15) is 0 Å². The van der Waals surface area contributed by atoms with Crippen molar-refractivity contribution in [2.24, 2.45) is 0 Å². The van der Waals surface area contributed by atoms with Gasteiger partial charge in [-0.15, -0.1) is 0 Å². The van der Waals surface area contributed by atoms with Gasteiger partial charge < -0.3 is 9.80 Å². The summed E-state index contributed by atoms with van der Waals surface area (Å²) in [5, 5.41) is 0. The monoisotopic (exact) mass is 244 g/mol. The molecule has 1 atom stereocenters. The topological polar surface area (TPSA) is 6.48 Å². The van der Waals surface area contributed by atoms with Gasteiger partial charge in [0.2, 0.25) is 0 Å². The van der Waals surface area contributed by atoms with Crippen LogP contribution in [-0.4, -0.2) is 28.4 Å². The Morgan fingerprint density at radius 1 is 1.06 bits per heavy atom. The first-order chi connectivity index (χ1) is 8.52. The summed E-state index contributed by atoms with van der Waals surface area (Å²) in [4.78, 5) is 4.84. The van der Waals surface area contributed by atoms with Crippen LogP contribution in [0.1, 0.15) is 39.3 Å². The Bertz CT molecular complexity index is 408. The first-order valence-electron chi connectivity index (χ1n) is 6.81. The second kappa shape index (κ2) is 5.05. The van der Waals surface area contributed by atoms with E-state index >= 15 is 0 Å². The van der Waals surface area contributed by atoms with Crippen molar-refractivity contribution in [1.29, 1.82) is 0 Å². The first kappa shape index (κ1) is 13.0. The molecule has 1 aromatic carbocycles. The van der Waals surface area contributed by atoms with Crippen LogP contribution in [0.15, 0.2) is 42.7 Å². The zero-order chi connectivity index (χ0) is 13.3. The van der Waals surface area contributed by atoms with E-state index in [4.69, 9.17) is 0 Å². The van der Waals surface area contributed by atoms with Gasteiger partial charge in [-0.1, -0.05) is 36.9 Å². The maximum absolute atomic E-state index is 4.29. The van der Waals surface area contributed by atoms with Crippen molar-refractivity contribution in [2.75, 3.05) is 6.54 Å². The van der Waals surface area contributed by atoms with Gasteiger partial charge in [0.1, 0.15) is 0 Å². The average Bonchev–Trinajstić information content (AvgIpc) is 2.68. The lowest BCUT2D eigenvalue weighted by Gasteiger charge is -2.31. The van der Waals surface area contributed by atoms with Crippen molar-refractivity contribution in [1.82, 2.24) is 9.80 Å². The van der Waals surface area contributed by atoms with Gasteiger partial charge in [0.15, 0.2) is 0 Å². The summed E-state index contributed by atoms with van der Waals surface area (Å²) in [6, 6.07) is 12.2. The lowest BCUT2D eigenvalue weighted by molar-refractivity contribution is 0.239. The van der Waals surface area contributed by atoms with Gasteiger partial charge in [0.25, 0.3) is 0 Å². The number of nitrogens with zero attached hydrogens (tertiary/aromatic N) is 2. The van der Waals surface area contributed by atoms with E-state index in [0.717, 1.165) is 12.4 Å². The molecule has 0 spiro atoms. The molecule has 18 heavy (non-hydrogen) atoms. The van der Waals surface area contributed by atoms with Crippen molar-refractivity contribution in [3.8, 4) is 0 Å². The van der Waals surface area contributed by atoms with Crippen LogP contribution in [0.4, 0.5) is 0 Å². The summed E-state index contributed by atoms with van der Waals surface area (Å²) >= 11 is 0. The van der Waals surface area contributed by atoms with Crippen molar-refractivity contribution >= 4 is 0 Å². The summed E-state index contributed by atoms with van der Waals surface area (Å²) in [6.45, 7) is 14.3. The molecule has 0 radical (unpaired) electrons. The normalized spacial score (nSPS) is 20.3. The van der Waals surface area contributed by atoms with E-state index < -0.39 is 0 Å². The highest BCUT2D eigenvalue weighted by Crippen LogP contribution is 2.36. The summed E-state index contributed by atoms with van der Waals surface area (Å²) in [6.07, 6.45) is 0. The molecule has 1 heterocycles. The molecule has 1 aliphatic heterocycles. The van der Waals surface area contributed by atoms with Gasteiger partial charge in [-0.25, -0.2) is 0 Å². The van der Waals surface area contributed by atoms with Gasteiger partial charge in [-0.3, -0.25) is 0 Å². The lowest BCUT2D eigenvalue weighted by atomic mass is 10.1. The van der Waals surface area contributed by atoms with Crippen LogP contribution in [0.2, 0.25) is 0 Å². The maximum Gasteiger partial charge on any atom is 0.0976 e. The lowest BCUT2D eigenvalue weighted by Crippen LogP contribution is -2.31. The van der Waals surface area contributed by atoms with Gasteiger partial charge >= 0.3 is 0 Å². The van der Waals surface area contributed by atoms with Gasteiger partial charge in [0, 0.05) is 18.6 Å². The van der Waals surface area contributed by atoms with E-state index in [1.165, 1.54) is 5.56 Å². The Kier molecular flexibility index (Phi) is 3.65. The van der Waals surface area contributed by atoms with E-state index in [0.29, 0.717) is 18.1 Å². The molecular weight excluding hydrogens is 220 g/mol. The van der Waals surface area contributed by atoms with Crippen LogP contribution in [0.5, 0.6) is 0 Å². The molecule has 0 aromatic heterocycles. The van der Waals surface area contributed by atoms with Crippen LogP contribution < -0.4 is 0 Å². The molecule has 1 fully saturated rings. The highest BCUT2D eigenvalue weighted by Gasteiger charge is 2.36. The zero-order valence-electron chi connectivity index (χ0n) is 11.9. The third kappa shape index (κ3) is 2.24. The summed E-state index contributed by atoms with van der Waals surface area (Å²) in [5.41, 5.74) is 1.38. The highest BCUT2D eigenvalue weighted by molar-refractivity contribution is 5.24. The molecule has 0 N–H and O–H groups in total. The van der Waals surface area contributed by atoms with Crippen molar-refractivity contribution in [3.05, 3.63) is 48.3 Å². The van der Waals surface area contributed by atoms with Crippen LogP contribution in [0.25, 0.3) is 0 Å². The Hall–Kier alpha value is -1.44. The number of rotatable bonds is 3. The second-order valence-corrected chi connectivity index (χ2v) is 5.59. The van der Waals surface area contributed by atoms with E-state index in [1.807, 2.05) is 0 Å². The number of hydrogen-bond acceptors (Lipinski definition) is 2. The van der Waals surface area contributed by atoms with E-state index in [-0.39, 0.29) is 0 Å². The zero-order valence-corrected chi connectivity index (χ0v) is 11.9. The molecule has 1 aliphatic rings. The molecule has 0 amide bonds. The first-order valence-corrected chi connectivity index (χ1v) is 6.81. The van der Waals surface area contributed by atoms with Gasteiger partial charge in [-0.2, -0.15) is 0 Å². The van der Waals surface area contributed by atoms with Crippen LogP contribution in [0, 0.1) is 0 Å². The molecule has 0 bridgehead atoms.